The van der Waals surface area contributed by atoms with Crippen molar-refractivity contribution in [2.45, 2.75) is 19.6 Å². The molecular formula is C21H24NOPSi. The highest BCUT2D eigenvalue weighted by atomic mass is 31.2. The normalized spacial score (nSPS) is 11.8. The van der Waals surface area contributed by atoms with E-state index in [-0.39, 0.29) is 0 Å². The van der Waals surface area contributed by atoms with Gasteiger partial charge in [-0.2, -0.15) is 0 Å². The van der Waals surface area contributed by atoms with Gasteiger partial charge in [0.15, 0.2) is 15.5 Å². The monoisotopic (exact) mass is 365 g/mol. The second-order valence-electron chi connectivity index (χ2n) is 6.92. The lowest BCUT2D eigenvalue weighted by Gasteiger charge is -2.30. The van der Waals surface area contributed by atoms with Crippen LogP contribution in [-0.2, 0) is 0 Å². The summed E-state index contributed by atoms with van der Waals surface area (Å²) < 4.78 is 12.1. The Morgan fingerprint density at radius 3 is 1.44 bits per heavy atom. The van der Waals surface area contributed by atoms with Gasteiger partial charge in [-0.05, 0) is 56.0 Å². The van der Waals surface area contributed by atoms with Crippen LogP contribution in [-0.4, -0.2) is 8.24 Å². The van der Waals surface area contributed by atoms with Gasteiger partial charge in [-0.15, -0.1) is 0 Å². The molecular weight excluding hydrogens is 341 g/mol. The van der Waals surface area contributed by atoms with Gasteiger partial charge in [-0.1, -0.05) is 54.6 Å². The Kier molecular flexibility index (Phi) is 5.26. The number of hydrogen-bond donors (Lipinski definition) is 0. The van der Waals surface area contributed by atoms with Crippen molar-refractivity contribution in [3.8, 4) is 5.75 Å². The maximum Gasteiger partial charge on any atom is 0.183 e. The summed E-state index contributed by atoms with van der Waals surface area (Å²) in [7, 11) is -4.12. The third kappa shape index (κ3) is 4.30. The number of benzene rings is 3. The lowest BCUT2D eigenvalue weighted by molar-refractivity contribution is 0.621. The van der Waals surface area contributed by atoms with Gasteiger partial charge >= 0.3 is 0 Å². The van der Waals surface area contributed by atoms with Crippen molar-refractivity contribution in [2.24, 2.45) is 4.41 Å². The average Bonchev–Trinajstić information content (AvgIpc) is 2.62. The molecule has 2 nitrogen and oxygen atoms in total. The van der Waals surface area contributed by atoms with E-state index in [9.17, 15) is 0 Å². The van der Waals surface area contributed by atoms with Crippen molar-refractivity contribution in [1.29, 1.82) is 0 Å². The maximum atomic E-state index is 6.73. The van der Waals surface area contributed by atoms with Gasteiger partial charge in [0.1, 0.15) is 5.75 Å². The Labute approximate surface area is 151 Å². The van der Waals surface area contributed by atoms with E-state index in [1.165, 1.54) is 0 Å². The summed E-state index contributed by atoms with van der Waals surface area (Å²) in [5, 5.41) is 2.32. The molecule has 128 valence electrons. The number of hydrogen-bond acceptors (Lipinski definition) is 2. The first kappa shape index (κ1) is 17.7. The molecule has 0 atom stereocenters. The van der Waals surface area contributed by atoms with Gasteiger partial charge < -0.3 is 4.52 Å². The predicted molar refractivity (Wildman–Crippen MR) is 112 cm³/mol. The van der Waals surface area contributed by atoms with E-state index in [0.29, 0.717) is 0 Å². The fourth-order valence-electron chi connectivity index (χ4n) is 2.71. The highest BCUT2D eigenvalue weighted by molar-refractivity contribution is 7.77. The summed E-state index contributed by atoms with van der Waals surface area (Å²) >= 11 is 0. The number of para-hydroxylation sites is 1. The summed E-state index contributed by atoms with van der Waals surface area (Å²) in [4.78, 5) is 0. The first-order chi connectivity index (χ1) is 12.0. The van der Waals surface area contributed by atoms with Crippen molar-refractivity contribution in [1.82, 2.24) is 0 Å². The molecule has 0 aromatic heterocycles. The molecule has 4 heteroatoms. The van der Waals surface area contributed by atoms with Crippen LogP contribution in [0.2, 0.25) is 19.6 Å². The molecule has 25 heavy (non-hydrogen) atoms. The molecule has 0 fully saturated rings. The van der Waals surface area contributed by atoms with Crippen LogP contribution in [0.25, 0.3) is 0 Å². The molecule has 0 aliphatic rings. The van der Waals surface area contributed by atoms with Crippen molar-refractivity contribution in [3.05, 3.63) is 91.0 Å². The highest BCUT2D eigenvalue weighted by Crippen LogP contribution is 2.50. The summed E-state index contributed by atoms with van der Waals surface area (Å²) in [5.74, 6) is 0.866. The van der Waals surface area contributed by atoms with Gasteiger partial charge in [-0.25, -0.2) is 0 Å². The molecule has 0 aliphatic carbocycles. The molecule has 0 radical (unpaired) electrons. The maximum absolute atomic E-state index is 6.73. The zero-order valence-corrected chi connectivity index (χ0v) is 16.9. The van der Waals surface area contributed by atoms with Crippen LogP contribution in [0.5, 0.6) is 5.75 Å². The first-order valence-electron chi connectivity index (χ1n) is 8.49. The smallest absolute Gasteiger partial charge is 0.183 e. The Balaban J connectivity index is 2.30. The van der Waals surface area contributed by atoms with Gasteiger partial charge in [0, 0.05) is 10.6 Å². The average molecular weight is 365 g/mol. The molecule has 0 saturated heterocycles. The minimum Gasteiger partial charge on any atom is -0.453 e. The fraction of sp³-hybridized carbons (Fsp3) is 0.143. The van der Waals surface area contributed by atoms with E-state index >= 15 is 0 Å². The molecule has 0 N–H and O–H groups in total. The third-order valence-corrected chi connectivity index (χ3v) is 9.63. The number of nitrogens with zero attached hydrogens (tertiary/aromatic N) is 1. The molecule has 0 unspecified atom stereocenters. The van der Waals surface area contributed by atoms with Crippen molar-refractivity contribution >= 4 is 26.1 Å². The summed E-state index contributed by atoms with van der Waals surface area (Å²) in [6.45, 7) is 6.80. The van der Waals surface area contributed by atoms with E-state index in [4.69, 9.17) is 8.93 Å². The summed E-state index contributed by atoms with van der Waals surface area (Å²) in [6.07, 6.45) is 0. The standard InChI is InChI=1S/C21H24NOPSi/c1-25(2,3)22-24(20-15-9-5-10-16-20,21-17-11-6-12-18-21)23-19-13-7-4-8-14-19/h4-18H,1-3H3. The summed E-state index contributed by atoms with van der Waals surface area (Å²) in [6, 6.07) is 31.0. The van der Waals surface area contributed by atoms with Gasteiger partial charge in [0.25, 0.3) is 0 Å². The van der Waals surface area contributed by atoms with Crippen LogP contribution in [0.1, 0.15) is 0 Å². The SMILES string of the molecule is C[Si](C)(C)N=P(Oc1ccccc1)(c1ccccc1)c1ccccc1. The number of rotatable bonds is 5. The quantitative estimate of drug-likeness (QED) is 0.422. The van der Waals surface area contributed by atoms with E-state index in [0.717, 1.165) is 16.4 Å². The predicted octanol–water partition coefficient (Wildman–Crippen LogP) is 5.67. The first-order valence-corrected chi connectivity index (χ1v) is 13.6. The van der Waals surface area contributed by atoms with E-state index < -0.39 is 15.5 Å². The third-order valence-electron chi connectivity index (χ3n) is 3.63. The van der Waals surface area contributed by atoms with Crippen LogP contribution in [0.15, 0.2) is 95.4 Å². The second kappa shape index (κ2) is 7.43. The summed E-state index contributed by atoms with van der Waals surface area (Å²) in [5.41, 5.74) is 0. The molecule has 0 bridgehead atoms. The van der Waals surface area contributed by atoms with Crippen LogP contribution in [0.3, 0.4) is 0 Å². The lowest BCUT2D eigenvalue weighted by atomic mass is 10.3. The topological polar surface area (TPSA) is 21.6 Å². The molecule has 0 heterocycles. The molecule has 3 rings (SSSR count). The Morgan fingerprint density at radius 2 is 1.04 bits per heavy atom. The van der Waals surface area contributed by atoms with Crippen molar-refractivity contribution in [2.75, 3.05) is 0 Å². The largest absolute Gasteiger partial charge is 0.453 e. The lowest BCUT2D eigenvalue weighted by Crippen LogP contribution is -2.26. The molecule has 3 aromatic carbocycles. The van der Waals surface area contributed by atoms with Gasteiger partial charge in [0.05, 0.1) is 0 Å². The van der Waals surface area contributed by atoms with Gasteiger partial charge in [0.2, 0.25) is 0 Å². The highest BCUT2D eigenvalue weighted by Gasteiger charge is 2.30. The van der Waals surface area contributed by atoms with Crippen LogP contribution in [0, 0.1) is 0 Å². The zero-order valence-electron chi connectivity index (χ0n) is 15.0. The Bertz CT molecular complexity index is 815. The zero-order chi connectivity index (χ0) is 17.8. The van der Waals surface area contributed by atoms with Crippen LogP contribution in [0.4, 0.5) is 0 Å². The van der Waals surface area contributed by atoms with Crippen molar-refractivity contribution in [3.63, 3.8) is 0 Å². The van der Waals surface area contributed by atoms with Crippen molar-refractivity contribution < 1.29 is 4.52 Å². The van der Waals surface area contributed by atoms with E-state index in [1.54, 1.807) is 0 Å². The minimum absolute atomic E-state index is 0.866. The second-order valence-corrected chi connectivity index (χ2v) is 14.4. The van der Waals surface area contributed by atoms with Gasteiger partial charge in [-0.3, -0.25) is 4.41 Å². The van der Waals surface area contributed by atoms with Crippen LogP contribution < -0.4 is 15.1 Å². The molecule has 3 aromatic rings. The van der Waals surface area contributed by atoms with E-state index in [1.807, 2.05) is 42.5 Å². The Morgan fingerprint density at radius 1 is 0.640 bits per heavy atom. The molecule has 0 saturated carbocycles. The molecule has 0 aliphatic heterocycles. The van der Waals surface area contributed by atoms with E-state index in [2.05, 4.69) is 68.2 Å². The fourth-order valence-corrected chi connectivity index (χ4v) is 9.26. The minimum atomic E-state index is -2.36. The molecule has 0 spiro atoms. The Hall–Kier alpha value is -2.09. The molecule has 0 amide bonds. The van der Waals surface area contributed by atoms with Crippen LogP contribution >= 0.6 is 7.28 Å².